The Hall–Kier alpha value is -1.56. The fourth-order valence-electron chi connectivity index (χ4n) is 3.57. The van der Waals surface area contributed by atoms with Gasteiger partial charge in [0.25, 0.3) is 0 Å². The van der Waals surface area contributed by atoms with Gasteiger partial charge >= 0.3 is 0 Å². The zero-order chi connectivity index (χ0) is 13.0. The maximum absolute atomic E-state index is 2.33. The zero-order valence-corrected chi connectivity index (χ0v) is 11.5. The average molecular weight is 250 g/mol. The van der Waals surface area contributed by atoms with Gasteiger partial charge in [-0.1, -0.05) is 79.9 Å². The lowest BCUT2D eigenvalue weighted by atomic mass is 9.66. The SMILES string of the molecule is c1ccc(CC2(c3ccccc3)CCCCC2)cc1. The fraction of sp³-hybridized carbons (Fsp3) is 0.368. The average Bonchev–Trinajstić information content (AvgIpc) is 2.50. The summed E-state index contributed by atoms with van der Waals surface area (Å²) in [6.45, 7) is 0. The first kappa shape index (κ1) is 12.5. The van der Waals surface area contributed by atoms with Crippen LogP contribution in [0.15, 0.2) is 60.7 Å². The topological polar surface area (TPSA) is 0 Å². The van der Waals surface area contributed by atoms with Crippen LogP contribution in [-0.4, -0.2) is 0 Å². The summed E-state index contributed by atoms with van der Waals surface area (Å²) in [7, 11) is 0. The molecule has 1 saturated carbocycles. The second kappa shape index (κ2) is 5.61. The zero-order valence-electron chi connectivity index (χ0n) is 11.5. The molecule has 0 spiro atoms. The smallest absolute Gasteiger partial charge is 0.000665 e. The van der Waals surface area contributed by atoms with Gasteiger partial charge in [-0.25, -0.2) is 0 Å². The second-order valence-electron chi connectivity index (χ2n) is 5.87. The lowest BCUT2D eigenvalue weighted by molar-refractivity contribution is 0.290. The largest absolute Gasteiger partial charge is 0.0622 e. The van der Waals surface area contributed by atoms with Gasteiger partial charge in [0, 0.05) is 0 Å². The Morgan fingerprint density at radius 1 is 0.684 bits per heavy atom. The monoisotopic (exact) mass is 250 g/mol. The van der Waals surface area contributed by atoms with Crippen LogP contribution in [0.3, 0.4) is 0 Å². The number of benzene rings is 2. The molecule has 0 amide bonds. The van der Waals surface area contributed by atoms with E-state index in [-0.39, 0.29) is 0 Å². The maximum atomic E-state index is 2.33. The van der Waals surface area contributed by atoms with Gasteiger partial charge in [0.2, 0.25) is 0 Å². The molecule has 0 atom stereocenters. The molecule has 0 aromatic heterocycles. The summed E-state index contributed by atoms with van der Waals surface area (Å²) in [5.74, 6) is 0. The van der Waals surface area contributed by atoms with Crippen LogP contribution in [0.1, 0.15) is 43.2 Å². The molecule has 0 bridgehead atoms. The molecular formula is C19H22. The Morgan fingerprint density at radius 2 is 1.26 bits per heavy atom. The molecule has 1 fully saturated rings. The van der Waals surface area contributed by atoms with Crippen LogP contribution >= 0.6 is 0 Å². The summed E-state index contributed by atoms with van der Waals surface area (Å²) in [5.41, 5.74) is 3.40. The molecule has 0 heterocycles. The van der Waals surface area contributed by atoms with Crippen LogP contribution in [0.25, 0.3) is 0 Å². The Labute approximate surface area is 116 Å². The van der Waals surface area contributed by atoms with E-state index >= 15 is 0 Å². The van der Waals surface area contributed by atoms with Crippen molar-refractivity contribution in [2.24, 2.45) is 0 Å². The minimum absolute atomic E-state index is 0.376. The molecule has 0 unspecified atom stereocenters. The molecule has 2 aromatic rings. The Kier molecular flexibility index (Phi) is 3.68. The molecule has 1 aliphatic carbocycles. The molecular weight excluding hydrogens is 228 g/mol. The highest BCUT2D eigenvalue weighted by atomic mass is 14.4. The highest BCUT2D eigenvalue weighted by Crippen LogP contribution is 2.41. The molecule has 0 radical (unpaired) electrons. The van der Waals surface area contributed by atoms with E-state index in [1.165, 1.54) is 44.1 Å². The lowest BCUT2D eigenvalue weighted by Gasteiger charge is -2.38. The third-order valence-corrected chi connectivity index (χ3v) is 4.58. The van der Waals surface area contributed by atoms with Crippen molar-refractivity contribution in [3.05, 3.63) is 71.8 Å². The van der Waals surface area contributed by atoms with Crippen molar-refractivity contribution < 1.29 is 0 Å². The normalized spacial score (nSPS) is 18.1. The molecule has 98 valence electrons. The van der Waals surface area contributed by atoms with Crippen LogP contribution in [0, 0.1) is 0 Å². The highest BCUT2D eigenvalue weighted by molar-refractivity contribution is 5.30. The fourth-order valence-corrected chi connectivity index (χ4v) is 3.57. The van der Waals surface area contributed by atoms with Crippen molar-refractivity contribution in [2.75, 3.05) is 0 Å². The highest BCUT2D eigenvalue weighted by Gasteiger charge is 2.33. The standard InChI is InChI=1S/C19H22/c1-4-10-17(11-5-1)16-19(14-8-3-9-15-19)18-12-6-2-7-13-18/h1-2,4-7,10-13H,3,8-9,14-16H2. The summed E-state index contributed by atoms with van der Waals surface area (Å²) < 4.78 is 0. The van der Waals surface area contributed by atoms with Gasteiger partial charge in [0.15, 0.2) is 0 Å². The molecule has 0 aliphatic heterocycles. The quantitative estimate of drug-likeness (QED) is 0.708. The van der Waals surface area contributed by atoms with Crippen LogP contribution < -0.4 is 0 Å². The van der Waals surface area contributed by atoms with E-state index in [1.54, 1.807) is 5.56 Å². The van der Waals surface area contributed by atoms with Crippen LogP contribution in [0.4, 0.5) is 0 Å². The first-order chi connectivity index (χ1) is 9.39. The summed E-state index contributed by atoms with van der Waals surface area (Å²) in [6, 6.07) is 22.2. The number of rotatable bonds is 3. The predicted molar refractivity (Wildman–Crippen MR) is 81.4 cm³/mol. The van der Waals surface area contributed by atoms with Gasteiger partial charge in [-0.15, -0.1) is 0 Å². The Bertz CT molecular complexity index is 492. The van der Waals surface area contributed by atoms with Gasteiger partial charge in [-0.2, -0.15) is 0 Å². The first-order valence-corrected chi connectivity index (χ1v) is 7.49. The van der Waals surface area contributed by atoms with E-state index in [9.17, 15) is 0 Å². The van der Waals surface area contributed by atoms with Gasteiger partial charge in [0.1, 0.15) is 0 Å². The summed E-state index contributed by atoms with van der Waals surface area (Å²) in [6.07, 6.45) is 8.03. The van der Waals surface area contributed by atoms with Gasteiger partial charge in [-0.05, 0) is 35.8 Å². The van der Waals surface area contributed by atoms with E-state index in [2.05, 4.69) is 60.7 Å². The number of hydrogen-bond acceptors (Lipinski definition) is 0. The summed E-state index contributed by atoms with van der Waals surface area (Å²) >= 11 is 0. The van der Waals surface area contributed by atoms with Crippen molar-refractivity contribution in [2.45, 2.75) is 43.9 Å². The third kappa shape index (κ3) is 2.73. The Balaban J connectivity index is 1.93. The summed E-state index contributed by atoms with van der Waals surface area (Å²) in [4.78, 5) is 0. The van der Waals surface area contributed by atoms with E-state index in [4.69, 9.17) is 0 Å². The van der Waals surface area contributed by atoms with E-state index in [0.717, 1.165) is 0 Å². The van der Waals surface area contributed by atoms with Crippen LogP contribution in [-0.2, 0) is 11.8 Å². The van der Waals surface area contributed by atoms with Crippen molar-refractivity contribution in [1.82, 2.24) is 0 Å². The van der Waals surface area contributed by atoms with E-state index in [0.29, 0.717) is 5.41 Å². The molecule has 0 nitrogen and oxygen atoms in total. The van der Waals surface area contributed by atoms with Crippen LogP contribution in [0.2, 0.25) is 0 Å². The Morgan fingerprint density at radius 3 is 1.89 bits per heavy atom. The van der Waals surface area contributed by atoms with Crippen molar-refractivity contribution in [3.63, 3.8) is 0 Å². The maximum Gasteiger partial charge on any atom is -0.000665 e. The van der Waals surface area contributed by atoms with Gasteiger partial charge in [0.05, 0.1) is 0 Å². The third-order valence-electron chi connectivity index (χ3n) is 4.58. The molecule has 0 saturated heterocycles. The minimum Gasteiger partial charge on any atom is -0.0622 e. The van der Waals surface area contributed by atoms with Crippen molar-refractivity contribution in [3.8, 4) is 0 Å². The van der Waals surface area contributed by atoms with Crippen molar-refractivity contribution in [1.29, 1.82) is 0 Å². The molecule has 1 aliphatic rings. The van der Waals surface area contributed by atoms with Gasteiger partial charge < -0.3 is 0 Å². The van der Waals surface area contributed by atoms with Crippen LogP contribution in [0.5, 0.6) is 0 Å². The minimum atomic E-state index is 0.376. The van der Waals surface area contributed by atoms with Crippen molar-refractivity contribution >= 4 is 0 Å². The molecule has 0 heteroatoms. The number of hydrogen-bond donors (Lipinski definition) is 0. The molecule has 19 heavy (non-hydrogen) atoms. The second-order valence-corrected chi connectivity index (χ2v) is 5.87. The summed E-state index contributed by atoms with van der Waals surface area (Å²) in [5, 5.41) is 0. The predicted octanol–water partition coefficient (Wildman–Crippen LogP) is 5.13. The van der Waals surface area contributed by atoms with E-state index in [1.807, 2.05) is 0 Å². The molecule has 3 rings (SSSR count). The molecule has 0 N–H and O–H groups in total. The van der Waals surface area contributed by atoms with E-state index < -0.39 is 0 Å². The van der Waals surface area contributed by atoms with Gasteiger partial charge in [-0.3, -0.25) is 0 Å². The first-order valence-electron chi connectivity index (χ1n) is 7.49. The molecule has 2 aromatic carbocycles. The lowest BCUT2D eigenvalue weighted by Crippen LogP contribution is -2.31.